The average Bonchev–Trinajstić information content (AvgIpc) is 3.64. The maximum Gasteiger partial charge on any atom is 0.270 e. The Hall–Kier alpha value is -3.67. The second kappa shape index (κ2) is 13.1. The van der Waals surface area contributed by atoms with E-state index in [4.69, 9.17) is 14.8 Å². The molecule has 0 aromatic carbocycles. The van der Waals surface area contributed by atoms with Crippen LogP contribution in [0.1, 0.15) is 91.8 Å². The van der Waals surface area contributed by atoms with Crippen molar-refractivity contribution in [2.75, 3.05) is 19.8 Å². The fourth-order valence-corrected chi connectivity index (χ4v) is 5.83. The van der Waals surface area contributed by atoms with E-state index in [2.05, 4.69) is 21.8 Å². The van der Waals surface area contributed by atoms with Crippen molar-refractivity contribution in [3.63, 3.8) is 0 Å². The molecule has 2 aliphatic heterocycles. The van der Waals surface area contributed by atoms with E-state index in [-0.39, 0.29) is 30.6 Å². The Morgan fingerprint density at radius 2 is 2.07 bits per heavy atom. The highest BCUT2D eigenvalue weighted by atomic mass is 19.3. The molecular formula is C30H39F2N7O3. The molecule has 2 fully saturated rings. The molecule has 3 aromatic heterocycles. The fourth-order valence-electron chi connectivity index (χ4n) is 5.83. The molecule has 6 rings (SSSR count). The molecule has 0 radical (unpaired) electrons. The van der Waals surface area contributed by atoms with Gasteiger partial charge in [-0.1, -0.05) is 6.08 Å². The third-order valence-electron chi connectivity index (χ3n) is 8.20. The highest BCUT2D eigenvalue weighted by Gasteiger charge is 2.39. The van der Waals surface area contributed by atoms with E-state index in [0.29, 0.717) is 49.6 Å². The number of imidazole rings is 1. The van der Waals surface area contributed by atoms with Gasteiger partial charge < -0.3 is 15.4 Å². The Kier molecular flexibility index (Phi) is 9.30. The minimum absolute atomic E-state index is 0.153. The topological polar surface area (TPSA) is 115 Å². The van der Waals surface area contributed by atoms with Gasteiger partial charge in [-0.2, -0.15) is 10.2 Å². The molecule has 2 amide bonds. The number of hydrogen-bond donors (Lipinski definition) is 2. The number of nitrogens with zero attached hydrogens (tertiary/aromatic N) is 5. The van der Waals surface area contributed by atoms with Gasteiger partial charge >= 0.3 is 0 Å². The Bertz CT molecular complexity index is 1430. The summed E-state index contributed by atoms with van der Waals surface area (Å²) >= 11 is 0. The molecule has 3 aliphatic rings. The Labute approximate surface area is 243 Å². The summed E-state index contributed by atoms with van der Waals surface area (Å²) in [6, 6.07) is 3.16. The van der Waals surface area contributed by atoms with Gasteiger partial charge in [-0.15, -0.1) is 0 Å². The molecule has 3 aromatic rings. The van der Waals surface area contributed by atoms with E-state index in [9.17, 15) is 18.4 Å². The van der Waals surface area contributed by atoms with Crippen LogP contribution >= 0.6 is 0 Å². The van der Waals surface area contributed by atoms with Gasteiger partial charge in [0.2, 0.25) is 11.8 Å². The summed E-state index contributed by atoms with van der Waals surface area (Å²) in [5, 5.41) is 14.7. The van der Waals surface area contributed by atoms with E-state index in [1.165, 1.54) is 5.57 Å². The SMILES string of the molecule is CCn1nccc1C(=O)NC(c1cn2nc(C)c(C3=CCOCC3)cc2n1)C1CCC(F)(F)CC1.O=C1CCCCN1. The number of hydrogen-bond acceptors (Lipinski definition) is 6. The van der Waals surface area contributed by atoms with Gasteiger partial charge in [-0.3, -0.25) is 14.3 Å². The molecule has 12 heteroatoms. The van der Waals surface area contributed by atoms with Crippen LogP contribution in [0.3, 0.4) is 0 Å². The van der Waals surface area contributed by atoms with Crippen LogP contribution in [0.4, 0.5) is 8.78 Å². The number of carbonyl (C=O) groups excluding carboxylic acids is 2. The molecule has 1 saturated heterocycles. The van der Waals surface area contributed by atoms with Crippen LogP contribution in [0.25, 0.3) is 11.2 Å². The Morgan fingerprint density at radius 1 is 1.26 bits per heavy atom. The predicted octanol–water partition coefficient (Wildman–Crippen LogP) is 4.64. The molecule has 1 unspecified atom stereocenters. The molecule has 42 heavy (non-hydrogen) atoms. The maximum atomic E-state index is 13.9. The second-order valence-corrected chi connectivity index (χ2v) is 11.2. The van der Waals surface area contributed by atoms with E-state index in [1.807, 2.05) is 19.9 Å². The zero-order chi connectivity index (χ0) is 29.7. The van der Waals surface area contributed by atoms with Crippen molar-refractivity contribution in [1.29, 1.82) is 0 Å². The van der Waals surface area contributed by atoms with Crippen LogP contribution in [0, 0.1) is 12.8 Å². The average molecular weight is 584 g/mol. The summed E-state index contributed by atoms with van der Waals surface area (Å²) in [7, 11) is 0. The molecule has 0 bridgehead atoms. The van der Waals surface area contributed by atoms with Crippen LogP contribution in [-0.2, 0) is 16.1 Å². The smallest absolute Gasteiger partial charge is 0.270 e. The quantitative estimate of drug-likeness (QED) is 0.437. The number of ether oxygens (including phenoxy) is 1. The lowest BCUT2D eigenvalue weighted by molar-refractivity contribution is -0.122. The van der Waals surface area contributed by atoms with E-state index in [0.717, 1.165) is 43.5 Å². The molecule has 5 heterocycles. The van der Waals surface area contributed by atoms with Crippen molar-refractivity contribution < 1.29 is 23.1 Å². The Balaban J connectivity index is 0.000000442. The summed E-state index contributed by atoms with van der Waals surface area (Å²) in [6.45, 7) is 6.56. The molecule has 1 saturated carbocycles. The number of amides is 2. The van der Waals surface area contributed by atoms with Crippen molar-refractivity contribution >= 4 is 23.0 Å². The summed E-state index contributed by atoms with van der Waals surface area (Å²) in [6.07, 6.45) is 9.47. The van der Waals surface area contributed by atoms with E-state index >= 15 is 0 Å². The van der Waals surface area contributed by atoms with Gasteiger partial charge in [-0.25, -0.2) is 18.3 Å². The summed E-state index contributed by atoms with van der Waals surface area (Å²) in [5.74, 6) is -2.89. The van der Waals surface area contributed by atoms with Gasteiger partial charge in [-0.05, 0) is 69.6 Å². The van der Waals surface area contributed by atoms with Crippen molar-refractivity contribution in [2.24, 2.45) is 5.92 Å². The van der Waals surface area contributed by atoms with E-state index < -0.39 is 12.0 Å². The minimum Gasteiger partial charge on any atom is -0.377 e. The molecule has 2 N–H and O–H groups in total. The lowest BCUT2D eigenvalue weighted by atomic mass is 9.81. The van der Waals surface area contributed by atoms with Crippen LogP contribution in [0.5, 0.6) is 0 Å². The Morgan fingerprint density at radius 3 is 2.71 bits per heavy atom. The van der Waals surface area contributed by atoms with E-state index in [1.54, 1.807) is 27.7 Å². The van der Waals surface area contributed by atoms with Gasteiger partial charge in [0.15, 0.2) is 5.65 Å². The first-order valence-electron chi connectivity index (χ1n) is 14.9. The summed E-state index contributed by atoms with van der Waals surface area (Å²) in [4.78, 5) is 28.3. The maximum absolute atomic E-state index is 13.9. The highest BCUT2D eigenvalue weighted by molar-refractivity contribution is 5.92. The number of rotatable bonds is 6. The largest absolute Gasteiger partial charge is 0.377 e. The van der Waals surface area contributed by atoms with Gasteiger partial charge in [0.1, 0.15) is 5.69 Å². The van der Waals surface area contributed by atoms with Crippen LogP contribution in [0.2, 0.25) is 0 Å². The summed E-state index contributed by atoms with van der Waals surface area (Å²) < 4.78 is 36.6. The molecular weight excluding hydrogens is 544 g/mol. The van der Waals surface area contributed by atoms with Crippen LogP contribution < -0.4 is 10.6 Å². The number of fused-ring (bicyclic) bond motifs is 1. The first-order valence-corrected chi connectivity index (χ1v) is 14.9. The molecule has 1 atom stereocenters. The third-order valence-corrected chi connectivity index (χ3v) is 8.20. The lowest BCUT2D eigenvalue weighted by Gasteiger charge is -2.33. The highest BCUT2D eigenvalue weighted by Crippen LogP contribution is 2.41. The molecule has 226 valence electrons. The van der Waals surface area contributed by atoms with Crippen LogP contribution in [-0.4, -0.2) is 61.9 Å². The monoisotopic (exact) mass is 583 g/mol. The molecule has 10 nitrogen and oxygen atoms in total. The van der Waals surface area contributed by atoms with Crippen molar-refractivity contribution in [1.82, 2.24) is 35.0 Å². The fraction of sp³-hybridized carbons (Fsp3) is 0.567. The van der Waals surface area contributed by atoms with Crippen molar-refractivity contribution in [2.45, 2.75) is 83.7 Å². The normalized spacial score (nSPS) is 19.8. The van der Waals surface area contributed by atoms with Gasteiger partial charge in [0.25, 0.3) is 5.91 Å². The number of carbonyl (C=O) groups is 2. The summed E-state index contributed by atoms with van der Waals surface area (Å²) in [5.41, 5.74) is 4.81. The third kappa shape index (κ3) is 7.03. The first-order chi connectivity index (χ1) is 20.2. The second-order valence-electron chi connectivity index (χ2n) is 11.2. The van der Waals surface area contributed by atoms with Gasteiger partial charge in [0, 0.05) is 44.1 Å². The number of piperidine rings is 1. The standard InChI is InChI=1S/C25H30F2N6O2.C5H9NO/c1-3-32-21(6-11-28-32)24(34)30-23(18-4-9-25(26,27)10-5-18)20-15-33-22(29-20)14-19(16(2)31-33)17-7-12-35-13-8-17;7-5-3-1-2-4-6-5/h6-7,11,14-15,18,23H,3-5,8-10,12-13H2,1-2H3,(H,30,34);1-4H2,(H,6,7). The number of halogens is 2. The molecule has 1 aliphatic carbocycles. The lowest BCUT2D eigenvalue weighted by Crippen LogP contribution is -2.38. The number of nitrogens with one attached hydrogen (secondary N) is 2. The zero-order valence-electron chi connectivity index (χ0n) is 24.2. The van der Waals surface area contributed by atoms with Crippen molar-refractivity contribution in [3.8, 4) is 0 Å². The van der Waals surface area contributed by atoms with Gasteiger partial charge in [0.05, 0.1) is 36.8 Å². The van der Waals surface area contributed by atoms with Crippen molar-refractivity contribution in [3.05, 3.63) is 53.2 Å². The number of aryl methyl sites for hydroxylation is 2. The number of alkyl halides is 2. The first kappa shape index (κ1) is 29.8. The number of aromatic nitrogens is 5. The minimum atomic E-state index is -2.66. The predicted molar refractivity (Wildman–Crippen MR) is 153 cm³/mol. The molecule has 0 spiro atoms. The van der Waals surface area contributed by atoms with Crippen LogP contribution in [0.15, 0.2) is 30.6 Å². The zero-order valence-corrected chi connectivity index (χ0v) is 24.2.